The molecule has 170 valence electrons. The van der Waals surface area contributed by atoms with Crippen molar-refractivity contribution in [3.63, 3.8) is 0 Å². The molecule has 4 aromatic rings. The third-order valence-corrected chi connectivity index (χ3v) is 6.20. The number of carbonyl (C=O) groups is 1. The molecule has 0 aliphatic carbocycles. The number of hydrogen-bond donors (Lipinski definition) is 2. The predicted molar refractivity (Wildman–Crippen MR) is 128 cm³/mol. The summed E-state index contributed by atoms with van der Waals surface area (Å²) in [6, 6.07) is 13.3. The minimum atomic E-state index is -0.545. The van der Waals surface area contributed by atoms with E-state index in [0.29, 0.717) is 39.4 Å². The Morgan fingerprint density at radius 2 is 1.91 bits per heavy atom. The van der Waals surface area contributed by atoms with Crippen molar-refractivity contribution in [2.75, 3.05) is 10.6 Å². The van der Waals surface area contributed by atoms with Gasteiger partial charge in [0.25, 0.3) is 5.91 Å². The van der Waals surface area contributed by atoms with E-state index >= 15 is 0 Å². The fourth-order valence-electron chi connectivity index (χ4n) is 3.73. The number of hydrogen-bond acceptors (Lipinski definition) is 7. The molecule has 0 radical (unpaired) electrons. The minimum absolute atomic E-state index is 0.266. The van der Waals surface area contributed by atoms with E-state index in [-0.39, 0.29) is 11.7 Å². The third-order valence-electron chi connectivity index (χ3n) is 5.31. The molecule has 0 fully saturated rings. The van der Waals surface area contributed by atoms with Crippen LogP contribution in [0.3, 0.4) is 0 Å². The molecule has 3 aromatic heterocycles. The first-order valence-corrected chi connectivity index (χ1v) is 11.5. The maximum Gasteiger partial charge on any atom is 0.255 e. The highest BCUT2D eigenvalue weighted by molar-refractivity contribution is 7.98. The number of thioether (sulfide) groups is 1. The van der Waals surface area contributed by atoms with Crippen LogP contribution in [0.1, 0.15) is 24.1 Å². The number of nitrogens with zero attached hydrogens (tertiary/aromatic N) is 5. The molecule has 4 heterocycles. The van der Waals surface area contributed by atoms with Gasteiger partial charge in [-0.15, -0.1) is 5.10 Å². The summed E-state index contributed by atoms with van der Waals surface area (Å²) in [4.78, 5) is 26.2. The van der Waals surface area contributed by atoms with Gasteiger partial charge in [-0.25, -0.2) is 9.07 Å². The molecule has 34 heavy (non-hydrogen) atoms. The van der Waals surface area contributed by atoms with Gasteiger partial charge >= 0.3 is 0 Å². The second kappa shape index (κ2) is 9.44. The van der Waals surface area contributed by atoms with E-state index < -0.39 is 6.04 Å². The van der Waals surface area contributed by atoms with Crippen LogP contribution < -0.4 is 10.6 Å². The minimum Gasteiger partial charge on any atom is -0.328 e. The summed E-state index contributed by atoms with van der Waals surface area (Å²) in [5, 5.41) is 11.2. The summed E-state index contributed by atoms with van der Waals surface area (Å²) in [6.07, 6.45) is 6.61. The highest BCUT2D eigenvalue weighted by Crippen LogP contribution is 2.36. The van der Waals surface area contributed by atoms with Gasteiger partial charge in [0.1, 0.15) is 11.9 Å². The Morgan fingerprint density at radius 3 is 2.65 bits per heavy atom. The van der Waals surface area contributed by atoms with E-state index in [0.717, 1.165) is 5.56 Å². The molecule has 1 aliphatic heterocycles. The maximum atomic E-state index is 14.0. The van der Waals surface area contributed by atoms with Crippen LogP contribution in [-0.4, -0.2) is 30.6 Å². The van der Waals surface area contributed by atoms with Crippen molar-refractivity contribution >= 4 is 29.3 Å². The standard InChI is InChI=1S/C24H20FN7OS/c1-15-20(22(33)29-18-8-5-11-27-13-18)21(16-7-4-10-26-12-16)32-23(28-15)30-24(31-32)34-14-17-6-2-3-9-19(17)25/h2-13,21H,14H2,1H3,(H,29,33)(H,28,30,31)/t21-/m1/s1. The van der Waals surface area contributed by atoms with Crippen LogP contribution in [0.5, 0.6) is 0 Å². The van der Waals surface area contributed by atoms with E-state index in [9.17, 15) is 9.18 Å². The topological polar surface area (TPSA) is 97.6 Å². The van der Waals surface area contributed by atoms with E-state index in [1.54, 1.807) is 59.8 Å². The fraction of sp³-hybridized carbons (Fsp3) is 0.125. The Bertz CT molecular complexity index is 1360. The SMILES string of the molecule is CC1=C(C(=O)Nc2cccnc2)[C@@H](c2cccnc2)n2nc(SCc3ccccc3F)nc2N1. The van der Waals surface area contributed by atoms with Gasteiger partial charge in [-0.05, 0) is 42.3 Å². The molecule has 0 saturated heterocycles. The lowest BCUT2D eigenvalue weighted by Crippen LogP contribution is -2.31. The summed E-state index contributed by atoms with van der Waals surface area (Å²) in [5.74, 6) is 0.333. The molecule has 1 atom stereocenters. The summed E-state index contributed by atoms with van der Waals surface area (Å²) < 4.78 is 15.7. The van der Waals surface area contributed by atoms with Gasteiger partial charge in [-0.3, -0.25) is 14.8 Å². The Balaban J connectivity index is 1.48. The second-order valence-corrected chi connectivity index (χ2v) is 8.53. The van der Waals surface area contributed by atoms with Gasteiger partial charge in [-0.1, -0.05) is 36.0 Å². The number of anilines is 2. The van der Waals surface area contributed by atoms with Crippen LogP contribution in [0.15, 0.2) is 89.7 Å². The molecule has 8 nitrogen and oxygen atoms in total. The van der Waals surface area contributed by atoms with Gasteiger partial charge < -0.3 is 10.6 Å². The van der Waals surface area contributed by atoms with E-state index in [2.05, 4.69) is 30.7 Å². The monoisotopic (exact) mass is 473 g/mol. The number of allylic oxidation sites excluding steroid dienone is 1. The number of pyridine rings is 2. The number of aromatic nitrogens is 5. The summed E-state index contributed by atoms with van der Waals surface area (Å²) in [5.41, 5.74) is 3.09. The largest absolute Gasteiger partial charge is 0.328 e. The molecule has 1 amide bonds. The van der Waals surface area contributed by atoms with Gasteiger partial charge in [0.2, 0.25) is 11.1 Å². The summed E-state index contributed by atoms with van der Waals surface area (Å²) in [6.45, 7) is 1.83. The number of carbonyl (C=O) groups excluding carboxylic acids is 1. The van der Waals surface area contributed by atoms with Crippen molar-refractivity contribution in [3.8, 4) is 0 Å². The van der Waals surface area contributed by atoms with Crippen LogP contribution in [0.4, 0.5) is 16.0 Å². The van der Waals surface area contributed by atoms with E-state index in [1.165, 1.54) is 17.8 Å². The Labute approximate surface area is 199 Å². The summed E-state index contributed by atoms with van der Waals surface area (Å²) in [7, 11) is 0. The lowest BCUT2D eigenvalue weighted by molar-refractivity contribution is -0.113. The molecular formula is C24H20FN7OS. The highest BCUT2D eigenvalue weighted by atomic mass is 32.2. The third kappa shape index (κ3) is 4.40. The molecule has 10 heteroatoms. The molecule has 0 bridgehead atoms. The highest BCUT2D eigenvalue weighted by Gasteiger charge is 2.34. The van der Waals surface area contributed by atoms with Crippen molar-refractivity contribution in [2.45, 2.75) is 23.9 Å². The Hall–Kier alpha value is -4.05. The molecule has 0 unspecified atom stereocenters. The number of rotatable bonds is 6. The first-order valence-electron chi connectivity index (χ1n) is 10.5. The van der Waals surface area contributed by atoms with Gasteiger partial charge in [0.15, 0.2) is 0 Å². The Kier molecular flexibility index (Phi) is 6.05. The molecule has 2 N–H and O–H groups in total. The van der Waals surface area contributed by atoms with Gasteiger partial charge in [0.05, 0.1) is 17.5 Å². The quantitative estimate of drug-likeness (QED) is 0.400. The molecular weight excluding hydrogens is 453 g/mol. The second-order valence-electron chi connectivity index (χ2n) is 7.59. The normalized spacial score (nSPS) is 14.9. The van der Waals surface area contributed by atoms with Gasteiger partial charge in [-0.2, -0.15) is 4.98 Å². The van der Waals surface area contributed by atoms with E-state index in [1.807, 2.05) is 19.1 Å². The van der Waals surface area contributed by atoms with Crippen molar-refractivity contribution in [2.24, 2.45) is 0 Å². The average Bonchev–Trinajstić information content (AvgIpc) is 3.26. The van der Waals surface area contributed by atoms with Crippen molar-refractivity contribution in [3.05, 3.63) is 102 Å². The predicted octanol–water partition coefficient (Wildman–Crippen LogP) is 4.43. The van der Waals surface area contributed by atoms with Gasteiger partial charge in [0, 0.05) is 30.0 Å². The van der Waals surface area contributed by atoms with Crippen LogP contribution in [-0.2, 0) is 10.5 Å². The smallest absolute Gasteiger partial charge is 0.255 e. The number of benzene rings is 1. The zero-order valence-electron chi connectivity index (χ0n) is 18.1. The van der Waals surface area contributed by atoms with Crippen molar-refractivity contribution in [1.82, 2.24) is 24.7 Å². The number of nitrogens with one attached hydrogen (secondary N) is 2. The van der Waals surface area contributed by atoms with Crippen LogP contribution in [0.2, 0.25) is 0 Å². The van der Waals surface area contributed by atoms with E-state index in [4.69, 9.17) is 0 Å². The zero-order chi connectivity index (χ0) is 23.5. The molecule has 1 aromatic carbocycles. The first kappa shape index (κ1) is 21.8. The van der Waals surface area contributed by atoms with Crippen molar-refractivity contribution in [1.29, 1.82) is 0 Å². The number of halogens is 1. The van der Waals surface area contributed by atoms with Crippen LogP contribution >= 0.6 is 11.8 Å². The lowest BCUT2D eigenvalue weighted by atomic mass is 9.96. The zero-order valence-corrected chi connectivity index (χ0v) is 19.0. The van der Waals surface area contributed by atoms with Crippen molar-refractivity contribution < 1.29 is 9.18 Å². The molecule has 5 rings (SSSR count). The average molecular weight is 474 g/mol. The molecule has 0 spiro atoms. The number of fused-ring (bicyclic) bond motifs is 1. The Morgan fingerprint density at radius 1 is 1.12 bits per heavy atom. The van der Waals surface area contributed by atoms with Crippen LogP contribution in [0.25, 0.3) is 0 Å². The first-order chi connectivity index (χ1) is 16.6. The maximum absolute atomic E-state index is 14.0. The summed E-state index contributed by atoms with van der Waals surface area (Å²) >= 11 is 1.33. The lowest BCUT2D eigenvalue weighted by Gasteiger charge is -2.28. The molecule has 0 saturated carbocycles. The number of amides is 1. The molecule has 1 aliphatic rings. The van der Waals surface area contributed by atoms with Crippen LogP contribution in [0, 0.1) is 5.82 Å². The fourth-order valence-corrected chi connectivity index (χ4v) is 4.54.